The number of benzene rings is 1. The van der Waals surface area contributed by atoms with E-state index in [1.54, 1.807) is 6.07 Å². The van der Waals surface area contributed by atoms with Crippen LogP contribution in [0, 0.1) is 11.6 Å². The van der Waals surface area contributed by atoms with Gasteiger partial charge in [0.15, 0.2) is 11.6 Å². The summed E-state index contributed by atoms with van der Waals surface area (Å²) in [6.07, 6.45) is 0. The van der Waals surface area contributed by atoms with Crippen LogP contribution in [0.15, 0.2) is 18.2 Å². The molecular weight excluding hydrogens is 250 g/mol. The minimum absolute atomic E-state index is 0.113. The van der Waals surface area contributed by atoms with Gasteiger partial charge in [-0.05, 0) is 31.5 Å². The second-order valence-corrected chi connectivity index (χ2v) is 5.50. The number of morpholine rings is 1. The first-order chi connectivity index (χ1) is 8.93. The maximum atomic E-state index is 13.3. The Morgan fingerprint density at radius 3 is 2.68 bits per heavy atom. The van der Waals surface area contributed by atoms with E-state index in [0.717, 1.165) is 12.6 Å². The number of rotatable bonds is 3. The Hall–Kier alpha value is -1.04. The highest BCUT2D eigenvalue weighted by Crippen LogP contribution is 2.26. The van der Waals surface area contributed by atoms with Crippen molar-refractivity contribution >= 4 is 0 Å². The molecule has 2 N–H and O–H groups in total. The number of hydrogen-bond donors (Lipinski definition) is 1. The summed E-state index contributed by atoms with van der Waals surface area (Å²) in [6.45, 7) is 6.46. The number of hydrogen-bond acceptors (Lipinski definition) is 3. The summed E-state index contributed by atoms with van der Waals surface area (Å²) in [7, 11) is 0. The van der Waals surface area contributed by atoms with E-state index in [1.165, 1.54) is 6.07 Å². The molecule has 19 heavy (non-hydrogen) atoms. The number of halogens is 2. The molecule has 1 aromatic carbocycles. The molecular formula is C14H20F2N2O. The van der Waals surface area contributed by atoms with Crippen molar-refractivity contribution in [2.24, 2.45) is 5.73 Å². The van der Waals surface area contributed by atoms with Crippen LogP contribution >= 0.6 is 0 Å². The third-order valence-corrected chi connectivity index (χ3v) is 3.45. The van der Waals surface area contributed by atoms with Crippen LogP contribution in [0.3, 0.4) is 0 Å². The van der Waals surface area contributed by atoms with Crippen LogP contribution in [-0.2, 0) is 4.74 Å². The highest BCUT2D eigenvalue weighted by Gasteiger charge is 2.31. The maximum Gasteiger partial charge on any atom is 0.159 e. The lowest BCUT2D eigenvalue weighted by molar-refractivity contribution is -0.0967. The summed E-state index contributed by atoms with van der Waals surface area (Å²) in [5.41, 5.74) is 6.28. The smallest absolute Gasteiger partial charge is 0.159 e. The van der Waals surface area contributed by atoms with Crippen molar-refractivity contribution < 1.29 is 13.5 Å². The van der Waals surface area contributed by atoms with Crippen molar-refractivity contribution in [1.82, 2.24) is 4.90 Å². The molecule has 1 aliphatic heterocycles. The van der Waals surface area contributed by atoms with Gasteiger partial charge in [0.05, 0.1) is 12.2 Å². The Morgan fingerprint density at radius 1 is 1.37 bits per heavy atom. The summed E-state index contributed by atoms with van der Waals surface area (Å²) >= 11 is 0. The van der Waals surface area contributed by atoms with Crippen LogP contribution in [0.2, 0.25) is 0 Å². The minimum atomic E-state index is -0.832. The Morgan fingerprint density at radius 2 is 2.11 bits per heavy atom. The van der Waals surface area contributed by atoms with E-state index < -0.39 is 11.6 Å². The molecule has 3 nitrogen and oxygen atoms in total. The van der Waals surface area contributed by atoms with Gasteiger partial charge in [-0.1, -0.05) is 6.07 Å². The van der Waals surface area contributed by atoms with E-state index in [9.17, 15) is 8.78 Å². The lowest BCUT2D eigenvalue weighted by Gasteiger charge is -2.42. The zero-order valence-corrected chi connectivity index (χ0v) is 11.3. The molecule has 0 bridgehead atoms. The number of nitrogens with zero attached hydrogens (tertiary/aromatic N) is 1. The quantitative estimate of drug-likeness (QED) is 0.914. The van der Waals surface area contributed by atoms with Crippen LogP contribution in [0.4, 0.5) is 8.78 Å². The fourth-order valence-corrected chi connectivity index (χ4v) is 2.53. The first-order valence-corrected chi connectivity index (χ1v) is 6.46. The van der Waals surface area contributed by atoms with Gasteiger partial charge >= 0.3 is 0 Å². The summed E-state index contributed by atoms with van der Waals surface area (Å²) in [5.74, 6) is -1.66. The highest BCUT2D eigenvalue weighted by atomic mass is 19.2. The molecule has 0 saturated carbocycles. The van der Waals surface area contributed by atoms with Crippen LogP contribution < -0.4 is 5.73 Å². The Balaban J connectivity index is 2.21. The molecule has 1 saturated heterocycles. The zero-order chi connectivity index (χ0) is 14.0. The largest absolute Gasteiger partial charge is 0.373 e. The molecule has 0 amide bonds. The standard InChI is InChI=1S/C14H20F2N2O/c1-14(2)9-18(5-6-19-14)13(8-17)10-3-4-11(15)12(16)7-10/h3-4,7,13H,5-6,8-9,17H2,1-2H3. The Kier molecular flexibility index (Phi) is 4.18. The molecule has 1 unspecified atom stereocenters. The molecule has 2 rings (SSSR count). The Bertz CT molecular complexity index is 451. The molecule has 1 heterocycles. The topological polar surface area (TPSA) is 38.5 Å². The predicted molar refractivity (Wildman–Crippen MR) is 69.8 cm³/mol. The average molecular weight is 270 g/mol. The molecule has 106 valence electrons. The second-order valence-electron chi connectivity index (χ2n) is 5.50. The van der Waals surface area contributed by atoms with Crippen molar-refractivity contribution in [2.75, 3.05) is 26.2 Å². The van der Waals surface area contributed by atoms with E-state index in [4.69, 9.17) is 10.5 Å². The van der Waals surface area contributed by atoms with Crippen molar-refractivity contribution in [3.63, 3.8) is 0 Å². The predicted octanol–water partition coefficient (Wildman–Crippen LogP) is 2.08. The van der Waals surface area contributed by atoms with Gasteiger partial charge in [-0.2, -0.15) is 0 Å². The van der Waals surface area contributed by atoms with Crippen LogP contribution in [0.5, 0.6) is 0 Å². The maximum absolute atomic E-state index is 13.3. The fraction of sp³-hybridized carbons (Fsp3) is 0.571. The minimum Gasteiger partial charge on any atom is -0.373 e. The lowest BCUT2D eigenvalue weighted by atomic mass is 10.0. The van der Waals surface area contributed by atoms with E-state index >= 15 is 0 Å². The molecule has 1 aliphatic rings. The van der Waals surface area contributed by atoms with E-state index in [1.807, 2.05) is 13.8 Å². The third-order valence-electron chi connectivity index (χ3n) is 3.45. The van der Waals surface area contributed by atoms with Gasteiger partial charge in [-0.3, -0.25) is 4.90 Å². The molecule has 0 aromatic heterocycles. The molecule has 0 spiro atoms. The monoisotopic (exact) mass is 270 g/mol. The van der Waals surface area contributed by atoms with Crippen LogP contribution in [0.1, 0.15) is 25.5 Å². The van der Waals surface area contributed by atoms with Gasteiger partial charge in [0.25, 0.3) is 0 Å². The van der Waals surface area contributed by atoms with Crippen molar-refractivity contribution in [3.8, 4) is 0 Å². The van der Waals surface area contributed by atoms with Crippen molar-refractivity contribution in [3.05, 3.63) is 35.4 Å². The van der Waals surface area contributed by atoms with Gasteiger partial charge in [0.1, 0.15) is 0 Å². The molecule has 0 aliphatic carbocycles. The second kappa shape index (κ2) is 5.53. The molecule has 1 fully saturated rings. The molecule has 1 atom stereocenters. The highest BCUT2D eigenvalue weighted by molar-refractivity contribution is 5.22. The normalized spacial score (nSPS) is 21.3. The summed E-state index contributed by atoms with van der Waals surface area (Å²) in [5, 5.41) is 0. The van der Waals surface area contributed by atoms with E-state index in [0.29, 0.717) is 25.3 Å². The van der Waals surface area contributed by atoms with Gasteiger partial charge in [-0.25, -0.2) is 8.78 Å². The SMILES string of the molecule is CC1(C)CN(C(CN)c2ccc(F)c(F)c2)CCO1. The first kappa shape index (κ1) is 14.4. The number of nitrogens with two attached hydrogens (primary N) is 1. The zero-order valence-electron chi connectivity index (χ0n) is 11.3. The summed E-state index contributed by atoms with van der Waals surface area (Å²) < 4.78 is 32.0. The van der Waals surface area contributed by atoms with Crippen LogP contribution in [-0.4, -0.2) is 36.7 Å². The molecule has 1 aromatic rings. The first-order valence-electron chi connectivity index (χ1n) is 6.46. The van der Waals surface area contributed by atoms with Gasteiger partial charge in [0.2, 0.25) is 0 Å². The van der Waals surface area contributed by atoms with Crippen molar-refractivity contribution in [1.29, 1.82) is 0 Å². The molecule has 0 radical (unpaired) electrons. The number of ether oxygens (including phenoxy) is 1. The van der Waals surface area contributed by atoms with E-state index in [2.05, 4.69) is 4.90 Å². The van der Waals surface area contributed by atoms with Crippen molar-refractivity contribution in [2.45, 2.75) is 25.5 Å². The Labute approximate surface area is 112 Å². The van der Waals surface area contributed by atoms with Crippen LogP contribution in [0.25, 0.3) is 0 Å². The van der Waals surface area contributed by atoms with Gasteiger partial charge in [0, 0.05) is 25.7 Å². The van der Waals surface area contributed by atoms with E-state index in [-0.39, 0.29) is 11.6 Å². The van der Waals surface area contributed by atoms with Gasteiger partial charge < -0.3 is 10.5 Å². The lowest BCUT2D eigenvalue weighted by Crippen LogP contribution is -2.50. The summed E-state index contributed by atoms with van der Waals surface area (Å²) in [4.78, 5) is 2.16. The summed E-state index contributed by atoms with van der Waals surface area (Å²) in [6, 6.07) is 3.87. The van der Waals surface area contributed by atoms with Gasteiger partial charge in [-0.15, -0.1) is 0 Å². The third kappa shape index (κ3) is 3.29. The average Bonchev–Trinajstić information content (AvgIpc) is 2.33. The fourth-order valence-electron chi connectivity index (χ4n) is 2.53. The molecule has 5 heteroatoms.